The van der Waals surface area contributed by atoms with Crippen LogP contribution in [0, 0.1) is 0 Å². The standard InChI is InChI=1S/C98H62N4O2/c1-3-19-64(20-4-1)79-25-13-16-32-91(79)101(74-46-37-63(38-47-74)73-61-96-97(99-62-73)84-30-14-17-33-93(84)104-96)75-48-39-67(40-49-75)87-60-72-36-35-69(57-88(72)83-29-12-11-28-82(83)87)70-45-55-92(89(58-70)65-21-5-2-6-22-65)102(77-52-43-68(44-53-77)90-54-56-95-98(100-90)85-31-15-18-34-94(85)103-95)76-50-41-66(42-51-76)86-59-71-23-7-8-24-78(71)80-26-9-10-27-81(80)86/h1-62H. The third kappa shape index (κ3) is 10.5. The molecule has 4 aromatic heterocycles. The van der Waals surface area contributed by atoms with Gasteiger partial charge >= 0.3 is 0 Å². The molecule has 20 aromatic rings. The molecule has 16 aromatic carbocycles. The maximum Gasteiger partial charge on any atom is 0.154 e. The molecule has 0 saturated heterocycles. The number of hydrogen-bond acceptors (Lipinski definition) is 6. The van der Waals surface area contributed by atoms with Gasteiger partial charge in [-0.05, 0) is 221 Å². The summed E-state index contributed by atoms with van der Waals surface area (Å²) in [6.07, 6.45) is 1.95. The Bertz CT molecular complexity index is 6700. The number of hydrogen-bond donors (Lipinski definition) is 0. The van der Waals surface area contributed by atoms with E-state index in [0.717, 1.165) is 145 Å². The minimum atomic E-state index is 0.775. The number of rotatable bonds is 13. The van der Waals surface area contributed by atoms with E-state index in [9.17, 15) is 0 Å². The predicted molar refractivity (Wildman–Crippen MR) is 434 cm³/mol. The lowest BCUT2D eigenvalue weighted by atomic mass is 9.90. The number of pyridine rings is 2. The zero-order valence-corrected chi connectivity index (χ0v) is 56.4. The summed E-state index contributed by atoms with van der Waals surface area (Å²) in [5.41, 5.74) is 26.6. The smallest absolute Gasteiger partial charge is 0.154 e. The number of para-hydroxylation sites is 3. The van der Waals surface area contributed by atoms with Crippen molar-refractivity contribution < 1.29 is 8.83 Å². The van der Waals surface area contributed by atoms with E-state index in [1.54, 1.807) is 0 Å². The fraction of sp³-hybridized carbons (Fsp3) is 0. The fourth-order valence-electron chi connectivity index (χ4n) is 15.6. The monoisotopic (exact) mass is 1330 g/mol. The zero-order chi connectivity index (χ0) is 68.6. The van der Waals surface area contributed by atoms with E-state index >= 15 is 0 Å². The van der Waals surface area contributed by atoms with Crippen molar-refractivity contribution in [1.82, 2.24) is 9.97 Å². The van der Waals surface area contributed by atoms with Crippen LogP contribution in [0.15, 0.2) is 385 Å². The Balaban J connectivity index is 0.669. The Hall–Kier alpha value is -13.9. The maximum absolute atomic E-state index is 6.27. The predicted octanol–water partition coefficient (Wildman–Crippen LogP) is 27.5. The minimum absolute atomic E-state index is 0.775. The van der Waals surface area contributed by atoms with Crippen molar-refractivity contribution in [2.45, 2.75) is 0 Å². The average Bonchev–Trinajstić information content (AvgIpc) is 0.991. The molecule has 0 spiro atoms. The van der Waals surface area contributed by atoms with Crippen molar-refractivity contribution >= 4 is 121 Å². The number of fused-ring (bicyclic) bond motifs is 12. The van der Waals surface area contributed by atoms with Gasteiger partial charge < -0.3 is 18.6 Å². The summed E-state index contributed by atoms with van der Waals surface area (Å²) in [4.78, 5) is 14.9. The summed E-state index contributed by atoms with van der Waals surface area (Å²) >= 11 is 0. The van der Waals surface area contributed by atoms with Crippen LogP contribution in [0.4, 0.5) is 34.1 Å². The van der Waals surface area contributed by atoms with Gasteiger partial charge in [0.2, 0.25) is 0 Å². The number of furan rings is 2. The SMILES string of the molecule is c1ccc(-c2ccccc2N(c2ccc(-c3cnc4c(c3)oc3ccccc34)cc2)c2ccc(-c3cc4ccc(-c5ccc(N(c6ccc(-c7ccc8oc9ccccc9c8n7)cc6)c6ccc(-c7cc8ccccc8c8ccccc78)cc6)c(-c6ccccc6)c5)cc4c4ccccc34)cc2)cc1. The molecule has 0 radical (unpaired) electrons. The zero-order valence-electron chi connectivity index (χ0n) is 56.4. The Morgan fingerprint density at radius 3 is 1.27 bits per heavy atom. The lowest BCUT2D eigenvalue weighted by Gasteiger charge is -2.29. The van der Waals surface area contributed by atoms with Crippen LogP contribution in [0.1, 0.15) is 0 Å². The molecular formula is C98H62N4O2. The number of anilines is 6. The molecule has 6 nitrogen and oxygen atoms in total. The second kappa shape index (κ2) is 25.0. The first-order valence-corrected chi connectivity index (χ1v) is 35.3. The van der Waals surface area contributed by atoms with Gasteiger partial charge in [-0.15, -0.1) is 0 Å². The average molecular weight is 1330 g/mol. The van der Waals surface area contributed by atoms with Gasteiger partial charge in [0.15, 0.2) is 11.2 Å². The molecule has 104 heavy (non-hydrogen) atoms. The Kier molecular flexibility index (Phi) is 14.5. The van der Waals surface area contributed by atoms with Crippen LogP contribution in [-0.2, 0) is 0 Å². The summed E-state index contributed by atoms with van der Waals surface area (Å²) < 4.78 is 12.5. The molecule has 4 heterocycles. The van der Waals surface area contributed by atoms with E-state index in [1.807, 2.05) is 48.7 Å². The van der Waals surface area contributed by atoms with E-state index in [2.05, 4.69) is 337 Å². The molecule has 0 saturated carbocycles. The van der Waals surface area contributed by atoms with Crippen molar-refractivity contribution in [1.29, 1.82) is 0 Å². The fourth-order valence-corrected chi connectivity index (χ4v) is 15.6. The summed E-state index contributed by atoms with van der Waals surface area (Å²) in [6.45, 7) is 0. The van der Waals surface area contributed by atoms with E-state index in [4.69, 9.17) is 18.8 Å². The number of benzene rings is 16. The van der Waals surface area contributed by atoms with Gasteiger partial charge in [-0.25, -0.2) is 4.98 Å². The normalized spacial score (nSPS) is 11.7. The van der Waals surface area contributed by atoms with Gasteiger partial charge in [-0.3, -0.25) is 4.98 Å². The van der Waals surface area contributed by atoms with Crippen LogP contribution < -0.4 is 9.80 Å². The van der Waals surface area contributed by atoms with Crippen LogP contribution in [0.3, 0.4) is 0 Å². The third-order valence-electron chi connectivity index (χ3n) is 20.7. The number of aromatic nitrogens is 2. The van der Waals surface area contributed by atoms with Gasteiger partial charge in [0.05, 0.1) is 17.1 Å². The first-order valence-electron chi connectivity index (χ1n) is 35.3. The van der Waals surface area contributed by atoms with Crippen molar-refractivity contribution in [3.05, 3.63) is 376 Å². The summed E-state index contributed by atoms with van der Waals surface area (Å²) in [5.74, 6) is 0. The van der Waals surface area contributed by atoms with Crippen LogP contribution in [-0.4, -0.2) is 9.97 Å². The molecule has 0 N–H and O–H groups in total. The molecule has 0 aliphatic carbocycles. The molecule has 0 atom stereocenters. The van der Waals surface area contributed by atoms with Crippen molar-refractivity contribution in [2.24, 2.45) is 0 Å². The molecule has 0 amide bonds. The van der Waals surface area contributed by atoms with E-state index < -0.39 is 0 Å². The highest BCUT2D eigenvalue weighted by Crippen LogP contribution is 2.48. The van der Waals surface area contributed by atoms with Crippen LogP contribution in [0.2, 0.25) is 0 Å². The topological polar surface area (TPSA) is 58.5 Å². The van der Waals surface area contributed by atoms with Crippen molar-refractivity contribution in [3.8, 4) is 78.0 Å². The molecule has 20 rings (SSSR count). The lowest BCUT2D eigenvalue weighted by molar-refractivity contribution is 0.668. The van der Waals surface area contributed by atoms with Crippen LogP contribution in [0.25, 0.3) is 165 Å². The first-order chi connectivity index (χ1) is 51.5. The second-order valence-corrected chi connectivity index (χ2v) is 26.7. The van der Waals surface area contributed by atoms with E-state index in [1.165, 1.54) is 54.2 Å². The molecule has 0 aliphatic heterocycles. The summed E-state index contributed by atoms with van der Waals surface area (Å²) in [6, 6.07) is 133. The van der Waals surface area contributed by atoms with Crippen LogP contribution >= 0.6 is 0 Å². The quantitative estimate of drug-likeness (QED) is 0.107. The summed E-state index contributed by atoms with van der Waals surface area (Å²) in [7, 11) is 0. The van der Waals surface area contributed by atoms with Gasteiger partial charge in [-0.1, -0.05) is 243 Å². The second-order valence-electron chi connectivity index (χ2n) is 26.7. The van der Waals surface area contributed by atoms with Crippen molar-refractivity contribution in [2.75, 3.05) is 9.80 Å². The first kappa shape index (κ1) is 60.1. The molecule has 0 unspecified atom stereocenters. The lowest BCUT2D eigenvalue weighted by Crippen LogP contribution is -2.11. The summed E-state index contributed by atoms with van der Waals surface area (Å²) in [5, 5.41) is 11.7. The van der Waals surface area contributed by atoms with Gasteiger partial charge in [0, 0.05) is 62.0 Å². The highest BCUT2D eigenvalue weighted by atomic mass is 16.3. The molecule has 6 heteroatoms. The molecule has 486 valence electrons. The minimum Gasteiger partial charge on any atom is -0.454 e. The third-order valence-corrected chi connectivity index (χ3v) is 20.7. The van der Waals surface area contributed by atoms with Crippen LogP contribution in [0.5, 0.6) is 0 Å². The van der Waals surface area contributed by atoms with Gasteiger partial charge in [0.1, 0.15) is 22.2 Å². The molecule has 0 aliphatic rings. The Labute approximate surface area is 600 Å². The Morgan fingerprint density at radius 1 is 0.212 bits per heavy atom. The maximum atomic E-state index is 6.27. The van der Waals surface area contributed by atoms with Gasteiger partial charge in [-0.2, -0.15) is 0 Å². The molecule has 0 fully saturated rings. The highest BCUT2D eigenvalue weighted by molar-refractivity contribution is 6.16. The Morgan fingerprint density at radius 2 is 0.644 bits per heavy atom. The van der Waals surface area contributed by atoms with Crippen molar-refractivity contribution in [3.63, 3.8) is 0 Å². The molecule has 0 bridgehead atoms. The largest absolute Gasteiger partial charge is 0.454 e. The van der Waals surface area contributed by atoms with Gasteiger partial charge in [0.25, 0.3) is 0 Å². The van der Waals surface area contributed by atoms with E-state index in [0.29, 0.717) is 0 Å². The molecular weight excluding hydrogens is 1270 g/mol. The van der Waals surface area contributed by atoms with E-state index in [-0.39, 0.29) is 0 Å². The highest BCUT2D eigenvalue weighted by Gasteiger charge is 2.23. The number of nitrogens with zero attached hydrogens (tertiary/aromatic N) is 4.